The van der Waals surface area contributed by atoms with Crippen molar-refractivity contribution in [3.05, 3.63) is 47.8 Å². The molecule has 0 fully saturated rings. The smallest absolute Gasteiger partial charge is 0.303 e. The molecule has 5 heteroatoms. The van der Waals surface area contributed by atoms with Gasteiger partial charge in [-0.3, -0.25) is 9.59 Å². The molecule has 2 aromatic carbocycles. The molecular weight excluding hydrogens is 285 g/mol. The number of carboxylic acids is 1. The van der Waals surface area contributed by atoms with Crippen LogP contribution in [-0.4, -0.2) is 23.5 Å². The van der Waals surface area contributed by atoms with Crippen LogP contribution in [0.4, 0.5) is 4.39 Å². The molecule has 0 heterocycles. The Morgan fingerprint density at radius 1 is 1.27 bits per heavy atom. The molecule has 22 heavy (non-hydrogen) atoms. The van der Waals surface area contributed by atoms with E-state index in [1.807, 2.05) is 0 Å². The van der Waals surface area contributed by atoms with Gasteiger partial charge in [0, 0.05) is 24.8 Å². The molecule has 0 unspecified atom stereocenters. The van der Waals surface area contributed by atoms with Gasteiger partial charge in [-0.15, -0.1) is 0 Å². The van der Waals surface area contributed by atoms with E-state index >= 15 is 0 Å². The van der Waals surface area contributed by atoms with E-state index in [2.05, 4.69) is 17.4 Å². The molecule has 2 rings (SSSR count). The Morgan fingerprint density at radius 3 is 2.86 bits per heavy atom. The molecule has 0 aromatic heterocycles. The molecule has 2 N–H and O–H groups in total. The average Bonchev–Trinajstić information content (AvgIpc) is 2.47. The van der Waals surface area contributed by atoms with Crippen molar-refractivity contribution in [1.82, 2.24) is 5.32 Å². The first-order valence-electron chi connectivity index (χ1n) is 7.05. The molecule has 0 aliphatic carbocycles. The standard InChI is InChI=1S/C17H16FNO3/c18-14-8-7-12-3-1-4-13(15(12)11-14)9-10-19-16(20)5-2-6-17(21)22/h4,7-8,11H,2,5-6,9-10H2,(H,19,20)(H,21,22). The van der Waals surface area contributed by atoms with E-state index in [4.69, 9.17) is 5.11 Å². The van der Waals surface area contributed by atoms with E-state index in [0.717, 1.165) is 16.3 Å². The lowest BCUT2D eigenvalue weighted by atomic mass is 10.0. The maximum atomic E-state index is 13.3. The van der Waals surface area contributed by atoms with Crippen LogP contribution in [0.1, 0.15) is 24.8 Å². The molecule has 4 nitrogen and oxygen atoms in total. The van der Waals surface area contributed by atoms with Gasteiger partial charge >= 0.3 is 5.97 Å². The van der Waals surface area contributed by atoms with Crippen molar-refractivity contribution in [2.75, 3.05) is 6.54 Å². The zero-order chi connectivity index (χ0) is 15.9. The minimum atomic E-state index is -0.905. The van der Waals surface area contributed by atoms with Gasteiger partial charge in [0.05, 0.1) is 0 Å². The number of rotatable bonds is 7. The van der Waals surface area contributed by atoms with E-state index in [0.29, 0.717) is 19.4 Å². The van der Waals surface area contributed by atoms with Gasteiger partial charge in [-0.25, -0.2) is 4.39 Å². The molecule has 114 valence electrons. The number of halogens is 1. The molecule has 0 saturated carbocycles. The number of carboxylic acid groups (broad SMARTS) is 1. The van der Waals surface area contributed by atoms with Crippen LogP contribution in [0, 0.1) is 17.9 Å². The van der Waals surface area contributed by atoms with E-state index in [1.54, 1.807) is 12.1 Å². The van der Waals surface area contributed by atoms with Gasteiger partial charge in [-0.05, 0) is 48.1 Å². The number of amides is 1. The largest absolute Gasteiger partial charge is 0.481 e. The lowest BCUT2D eigenvalue weighted by Crippen LogP contribution is -2.25. The third-order valence-electron chi connectivity index (χ3n) is 3.29. The highest BCUT2D eigenvalue weighted by atomic mass is 19.1. The Balaban J connectivity index is 1.88. The minimum Gasteiger partial charge on any atom is -0.481 e. The predicted molar refractivity (Wildman–Crippen MR) is 79.8 cm³/mol. The number of hydrogen-bond donors (Lipinski definition) is 2. The van der Waals surface area contributed by atoms with Crippen molar-refractivity contribution in [3.63, 3.8) is 0 Å². The lowest BCUT2D eigenvalue weighted by molar-refractivity contribution is -0.137. The first-order chi connectivity index (χ1) is 10.6. The van der Waals surface area contributed by atoms with Crippen LogP contribution in [0.3, 0.4) is 0 Å². The number of aliphatic carboxylic acids is 1. The maximum Gasteiger partial charge on any atom is 0.303 e. The van der Waals surface area contributed by atoms with Crippen molar-refractivity contribution in [2.24, 2.45) is 0 Å². The third-order valence-corrected chi connectivity index (χ3v) is 3.29. The molecule has 0 atom stereocenters. The number of carbonyl (C=O) groups excluding carboxylic acids is 1. The second kappa shape index (κ2) is 7.41. The molecule has 0 bridgehead atoms. The Kier molecular flexibility index (Phi) is 5.31. The fraction of sp³-hybridized carbons (Fsp3) is 0.294. The number of carbonyl (C=O) groups is 2. The quantitative estimate of drug-likeness (QED) is 0.825. The average molecular weight is 301 g/mol. The summed E-state index contributed by atoms with van der Waals surface area (Å²) in [5.74, 6) is -1.40. The van der Waals surface area contributed by atoms with Crippen molar-refractivity contribution >= 4 is 22.6 Å². The van der Waals surface area contributed by atoms with E-state index in [-0.39, 0.29) is 24.6 Å². The highest BCUT2D eigenvalue weighted by Gasteiger charge is 2.05. The van der Waals surface area contributed by atoms with Crippen LogP contribution in [0.5, 0.6) is 0 Å². The van der Waals surface area contributed by atoms with Gasteiger partial charge in [0.1, 0.15) is 5.82 Å². The number of nitrogens with one attached hydrogen (secondary N) is 1. The topological polar surface area (TPSA) is 66.4 Å². The Hall–Kier alpha value is -2.61. The number of hydrogen-bond acceptors (Lipinski definition) is 2. The molecule has 0 aliphatic heterocycles. The van der Waals surface area contributed by atoms with Crippen LogP contribution in [0.25, 0.3) is 10.8 Å². The fourth-order valence-corrected chi connectivity index (χ4v) is 2.20. The SMILES string of the molecule is O=C(O)CCCC(=O)NCCc1cc#cc2ccc(F)cc12. The van der Waals surface area contributed by atoms with Crippen molar-refractivity contribution < 1.29 is 19.1 Å². The molecule has 0 aliphatic rings. The van der Waals surface area contributed by atoms with Crippen LogP contribution in [0.15, 0.2) is 24.3 Å². The van der Waals surface area contributed by atoms with Gasteiger partial charge in [-0.1, -0.05) is 12.1 Å². The highest BCUT2D eigenvalue weighted by molar-refractivity contribution is 5.84. The van der Waals surface area contributed by atoms with Crippen LogP contribution in [-0.2, 0) is 16.0 Å². The molecule has 0 radical (unpaired) electrons. The van der Waals surface area contributed by atoms with Gasteiger partial charge in [0.25, 0.3) is 0 Å². The number of fused-ring (bicyclic) bond motifs is 1. The molecule has 2 aromatic rings. The Bertz CT molecular complexity index is 685. The van der Waals surface area contributed by atoms with Gasteiger partial charge in [0.15, 0.2) is 0 Å². The van der Waals surface area contributed by atoms with Gasteiger partial charge in [0.2, 0.25) is 5.91 Å². The summed E-state index contributed by atoms with van der Waals surface area (Å²) in [6, 6.07) is 12.0. The summed E-state index contributed by atoms with van der Waals surface area (Å²) in [5, 5.41) is 12.8. The third kappa shape index (κ3) is 4.45. The van der Waals surface area contributed by atoms with E-state index in [1.165, 1.54) is 12.1 Å². The van der Waals surface area contributed by atoms with Crippen LogP contribution < -0.4 is 5.32 Å². The van der Waals surface area contributed by atoms with Crippen molar-refractivity contribution in [1.29, 1.82) is 0 Å². The molecule has 0 spiro atoms. The summed E-state index contributed by atoms with van der Waals surface area (Å²) in [6.45, 7) is 0.412. The summed E-state index contributed by atoms with van der Waals surface area (Å²) >= 11 is 0. The summed E-state index contributed by atoms with van der Waals surface area (Å²) in [4.78, 5) is 21.9. The van der Waals surface area contributed by atoms with Crippen LogP contribution >= 0.6 is 0 Å². The predicted octanol–water partition coefficient (Wildman–Crippen LogP) is 2.49. The Morgan fingerprint density at radius 2 is 2.09 bits per heavy atom. The lowest BCUT2D eigenvalue weighted by Gasteiger charge is -2.06. The second-order valence-electron chi connectivity index (χ2n) is 4.98. The monoisotopic (exact) mass is 301 g/mol. The van der Waals surface area contributed by atoms with E-state index < -0.39 is 5.97 Å². The summed E-state index contributed by atoms with van der Waals surface area (Å²) in [5.41, 5.74) is 0.888. The fourth-order valence-electron chi connectivity index (χ4n) is 2.20. The zero-order valence-electron chi connectivity index (χ0n) is 12.0. The summed E-state index contributed by atoms with van der Waals surface area (Å²) in [7, 11) is 0. The number of benzene rings is 1. The molecule has 0 saturated heterocycles. The maximum absolute atomic E-state index is 13.3. The highest BCUT2D eigenvalue weighted by Crippen LogP contribution is 2.18. The molecular formula is C17H16FNO3. The van der Waals surface area contributed by atoms with Crippen molar-refractivity contribution in [3.8, 4) is 0 Å². The first kappa shape index (κ1) is 15.8. The van der Waals surface area contributed by atoms with E-state index in [9.17, 15) is 14.0 Å². The molecule has 1 amide bonds. The van der Waals surface area contributed by atoms with Gasteiger partial charge in [-0.2, -0.15) is 0 Å². The van der Waals surface area contributed by atoms with Gasteiger partial charge < -0.3 is 10.4 Å². The normalized spacial score (nSPS) is 10.2. The summed E-state index contributed by atoms with van der Waals surface area (Å²) < 4.78 is 13.3. The first-order valence-corrected chi connectivity index (χ1v) is 7.05. The minimum absolute atomic E-state index is 0.0131. The van der Waals surface area contributed by atoms with Crippen LogP contribution in [0.2, 0.25) is 0 Å². The zero-order valence-corrected chi connectivity index (χ0v) is 12.0. The summed E-state index contributed by atoms with van der Waals surface area (Å²) in [6.07, 6.45) is 1.05. The van der Waals surface area contributed by atoms with Crippen molar-refractivity contribution in [2.45, 2.75) is 25.7 Å². The second-order valence-corrected chi connectivity index (χ2v) is 4.98. The Labute approximate surface area is 128 Å².